The van der Waals surface area contributed by atoms with Gasteiger partial charge in [-0.15, -0.1) is 0 Å². The van der Waals surface area contributed by atoms with Gasteiger partial charge in [-0.05, 0) is 54.7 Å². The van der Waals surface area contributed by atoms with Crippen LogP contribution in [0.5, 0.6) is 0 Å². The van der Waals surface area contributed by atoms with E-state index in [9.17, 15) is 29.7 Å². The molecule has 0 saturated carbocycles. The molecular weight excluding hydrogens is 610 g/mol. The van der Waals surface area contributed by atoms with Crippen LogP contribution in [0.1, 0.15) is 65.4 Å². The van der Waals surface area contributed by atoms with Gasteiger partial charge in [0.1, 0.15) is 18.7 Å². The SMILES string of the molecule is CCCC[C@@H](C(=O)N[C@@H](CC(C)C)[C@@H](O)C=C(CO)CCO)N(C(=O)[C@H](C)NC(=O)OCc1ccccc1)c1cccc2ccccc12. The molecule has 3 aromatic carbocycles. The van der Waals surface area contributed by atoms with Gasteiger partial charge in [0.15, 0.2) is 0 Å². The van der Waals surface area contributed by atoms with Crippen molar-refractivity contribution >= 4 is 34.4 Å². The number of alkyl carbamates (subject to hydrolysis) is 1. The van der Waals surface area contributed by atoms with Crippen LogP contribution in [0.3, 0.4) is 0 Å². The first-order chi connectivity index (χ1) is 23.1. The number of unbranched alkanes of at least 4 members (excludes halogenated alkanes) is 1. The predicted octanol–water partition coefficient (Wildman–Crippen LogP) is 5.24. The normalized spacial score (nSPS) is 14.2. The number of rotatable bonds is 18. The Morgan fingerprint density at radius 1 is 0.917 bits per heavy atom. The monoisotopic (exact) mass is 661 g/mol. The highest BCUT2D eigenvalue weighted by Crippen LogP contribution is 2.30. The number of aliphatic hydroxyl groups excluding tert-OH is 3. The summed E-state index contributed by atoms with van der Waals surface area (Å²) in [5, 5.41) is 37.6. The fraction of sp³-hybridized carbons (Fsp3) is 0.447. The lowest BCUT2D eigenvalue weighted by molar-refractivity contribution is -0.128. The number of hydrogen-bond acceptors (Lipinski definition) is 7. The van der Waals surface area contributed by atoms with Crippen LogP contribution in [-0.4, -0.2) is 70.7 Å². The van der Waals surface area contributed by atoms with Crippen molar-refractivity contribution in [2.45, 2.75) is 90.6 Å². The van der Waals surface area contributed by atoms with E-state index in [2.05, 4.69) is 10.6 Å². The summed E-state index contributed by atoms with van der Waals surface area (Å²) in [5.74, 6) is -0.843. The summed E-state index contributed by atoms with van der Waals surface area (Å²) in [6.45, 7) is 7.02. The standard InChI is InChI=1S/C38H51N3O7/c1-5-6-18-34(36(45)40-32(22-26(2)3)35(44)23-29(24-43)20-21-42)41(33-19-12-16-30-15-10-11-17-31(30)33)37(46)27(4)39-38(47)48-25-28-13-8-7-9-14-28/h7-17,19,23,26-27,32,34-35,42-44H,5-6,18,20-22,24-25H2,1-4H3,(H,39,47)(H,40,45)/t27-,32-,34-,35-/m0/s1. The third-order valence-electron chi connectivity index (χ3n) is 8.13. The second-order valence-corrected chi connectivity index (χ2v) is 12.5. The highest BCUT2D eigenvalue weighted by atomic mass is 16.5. The van der Waals surface area contributed by atoms with Gasteiger partial charge in [0, 0.05) is 12.0 Å². The summed E-state index contributed by atoms with van der Waals surface area (Å²) in [7, 11) is 0. The van der Waals surface area contributed by atoms with E-state index in [0.717, 1.165) is 22.8 Å². The maximum absolute atomic E-state index is 14.4. The minimum absolute atomic E-state index is 0.0342. The van der Waals surface area contributed by atoms with Crippen molar-refractivity contribution in [3.8, 4) is 0 Å². The fourth-order valence-electron chi connectivity index (χ4n) is 5.63. The Bertz CT molecular complexity index is 1490. The van der Waals surface area contributed by atoms with Crippen LogP contribution in [0.15, 0.2) is 84.4 Å². The van der Waals surface area contributed by atoms with Crippen molar-refractivity contribution < 1.29 is 34.4 Å². The number of nitrogens with zero attached hydrogens (tertiary/aromatic N) is 1. The number of fused-ring (bicyclic) bond motifs is 1. The van der Waals surface area contributed by atoms with E-state index in [4.69, 9.17) is 4.74 Å². The molecule has 3 amide bonds. The number of carbonyl (C=O) groups excluding carboxylic acids is 3. The molecule has 4 atom stereocenters. The van der Waals surface area contributed by atoms with Gasteiger partial charge < -0.3 is 30.7 Å². The molecule has 0 spiro atoms. The first-order valence-electron chi connectivity index (χ1n) is 16.8. The maximum atomic E-state index is 14.4. The first kappa shape index (κ1) is 38.2. The molecule has 3 rings (SSSR count). The molecule has 0 fully saturated rings. The van der Waals surface area contributed by atoms with Crippen LogP contribution < -0.4 is 15.5 Å². The molecular formula is C38H51N3O7. The van der Waals surface area contributed by atoms with Crippen LogP contribution >= 0.6 is 0 Å². The molecule has 10 heteroatoms. The number of benzene rings is 3. The third kappa shape index (κ3) is 11.2. The molecule has 0 aliphatic rings. The van der Waals surface area contributed by atoms with Crippen LogP contribution in [0.25, 0.3) is 10.8 Å². The number of nitrogens with one attached hydrogen (secondary N) is 2. The zero-order valence-corrected chi connectivity index (χ0v) is 28.5. The Kier molecular flexibility index (Phi) is 15.6. The molecule has 3 aromatic rings. The molecule has 0 aliphatic carbocycles. The van der Waals surface area contributed by atoms with E-state index in [-0.39, 0.29) is 32.2 Å². The number of amides is 3. The molecule has 5 N–H and O–H groups in total. The second kappa shape index (κ2) is 19.5. The topological polar surface area (TPSA) is 148 Å². The zero-order chi connectivity index (χ0) is 35.1. The Hall–Kier alpha value is -4.25. The molecule has 48 heavy (non-hydrogen) atoms. The van der Waals surface area contributed by atoms with Crippen LogP contribution in [-0.2, 0) is 20.9 Å². The number of carbonyl (C=O) groups is 3. The molecule has 0 aliphatic heterocycles. The van der Waals surface area contributed by atoms with E-state index in [1.165, 1.54) is 11.0 Å². The molecule has 0 bridgehead atoms. The summed E-state index contributed by atoms with van der Waals surface area (Å²) in [5.41, 5.74) is 1.78. The minimum atomic E-state index is -1.14. The minimum Gasteiger partial charge on any atom is -0.445 e. The molecule has 0 saturated heterocycles. The summed E-state index contributed by atoms with van der Waals surface area (Å²) in [4.78, 5) is 43.1. The molecule has 0 unspecified atom stereocenters. The Balaban J connectivity index is 2.00. The smallest absolute Gasteiger partial charge is 0.408 e. The van der Waals surface area contributed by atoms with Crippen LogP contribution in [0.2, 0.25) is 0 Å². The molecule has 10 nitrogen and oxygen atoms in total. The van der Waals surface area contributed by atoms with Gasteiger partial charge in [0.05, 0.1) is 24.4 Å². The van der Waals surface area contributed by atoms with E-state index >= 15 is 0 Å². The van der Waals surface area contributed by atoms with Crippen molar-refractivity contribution in [1.82, 2.24) is 10.6 Å². The van der Waals surface area contributed by atoms with Crippen LogP contribution in [0.4, 0.5) is 10.5 Å². The van der Waals surface area contributed by atoms with E-state index in [1.807, 2.05) is 87.5 Å². The quantitative estimate of drug-likeness (QED) is 0.117. The van der Waals surface area contributed by atoms with Crippen molar-refractivity contribution in [2.24, 2.45) is 5.92 Å². The number of hydrogen-bond donors (Lipinski definition) is 5. The molecule has 0 radical (unpaired) electrons. The first-order valence-corrected chi connectivity index (χ1v) is 16.8. The zero-order valence-electron chi connectivity index (χ0n) is 28.5. The lowest BCUT2D eigenvalue weighted by atomic mass is 9.96. The van der Waals surface area contributed by atoms with Gasteiger partial charge in [-0.1, -0.05) is 106 Å². The van der Waals surface area contributed by atoms with Crippen molar-refractivity contribution in [3.63, 3.8) is 0 Å². The lowest BCUT2D eigenvalue weighted by Gasteiger charge is -2.35. The lowest BCUT2D eigenvalue weighted by Crippen LogP contribution is -2.57. The van der Waals surface area contributed by atoms with Gasteiger partial charge in [0.2, 0.25) is 11.8 Å². The van der Waals surface area contributed by atoms with E-state index in [0.29, 0.717) is 30.5 Å². The Labute approximate surface area is 283 Å². The van der Waals surface area contributed by atoms with Crippen molar-refractivity contribution in [1.29, 1.82) is 0 Å². The summed E-state index contributed by atoms with van der Waals surface area (Å²) in [6, 6.07) is 19.6. The average molecular weight is 662 g/mol. The summed E-state index contributed by atoms with van der Waals surface area (Å²) >= 11 is 0. The Morgan fingerprint density at radius 2 is 1.60 bits per heavy atom. The molecule has 0 aromatic heterocycles. The van der Waals surface area contributed by atoms with E-state index < -0.39 is 42.1 Å². The van der Waals surface area contributed by atoms with Gasteiger partial charge >= 0.3 is 6.09 Å². The largest absolute Gasteiger partial charge is 0.445 e. The van der Waals surface area contributed by atoms with Gasteiger partial charge in [-0.3, -0.25) is 14.5 Å². The third-order valence-corrected chi connectivity index (χ3v) is 8.13. The Morgan fingerprint density at radius 3 is 2.27 bits per heavy atom. The van der Waals surface area contributed by atoms with Crippen molar-refractivity contribution in [2.75, 3.05) is 18.1 Å². The summed E-state index contributed by atoms with van der Waals surface area (Å²) < 4.78 is 5.38. The summed E-state index contributed by atoms with van der Waals surface area (Å²) in [6.07, 6.45) is 1.92. The van der Waals surface area contributed by atoms with Gasteiger partial charge in [-0.2, -0.15) is 0 Å². The van der Waals surface area contributed by atoms with Gasteiger partial charge in [0.25, 0.3) is 0 Å². The highest BCUT2D eigenvalue weighted by molar-refractivity contribution is 6.09. The highest BCUT2D eigenvalue weighted by Gasteiger charge is 2.36. The van der Waals surface area contributed by atoms with Crippen molar-refractivity contribution in [3.05, 3.63) is 90.0 Å². The van der Waals surface area contributed by atoms with E-state index in [1.54, 1.807) is 13.0 Å². The number of aliphatic hydroxyl groups is 3. The second-order valence-electron chi connectivity index (χ2n) is 12.5. The number of ether oxygens (including phenoxy) is 1. The van der Waals surface area contributed by atoms with Crippen LogP contribution in [0, 0.1) is 5.92 Å². The molecule has 260 valence electrons. The molecule has 0 heterocycles. The van der Waals surface area contributed by atoms with Gasteiger partial charge in [-0.25, -0.2) is 4.79 Å². The maximum Gasteiger partial charge on any atom is 0.408 e. The average Bonchev–Trinajstić information content (AvgIpc) is 3.08. The fourth-order valence-corrected chi connectivity index (χ4v) is 5.63. The predicted molar refractivity (Wildman–Crippen MR) is 188 cm³/mol. The number of anilines is 1.